The summed E-state index contributed by atoms with van der Waals surface area (Å²) in [4.78, 5) is 28.3. The zero-order chi connectivity index (χ0) is 28.7. The fraction of sp³-hybridized carbons (Fsp3) is 0.333. The smallest absolute Gasteiger partial charge is 0.264 e. The van der Waals surface area contributed by atoms with Gasteiger partial charge in [-0.3, -0.25) is 13.9 Å². The Morgan fingerprint density at radius 3 is 2.10 bits per heavy atom. The lowest BCUT2D eigenvalue weighted by molar-refractivity contribution is -0.139. The standard InChI is InChI=1S/C30H36FN3O4S/c1-21(2)18-32-30(36)24(5)33(19-25-12-14-26(31)15-13-25)29(35)20-34(28-9-7-6-8-23(28)4)39(37,38)27-16-10-22(3)11-17-27/h6-17,21,24H,18-20H2,1-5H3,(H,32,36). The molecule has 0 aliphatic rings. The van der Waals surface area contributed by atoms with Crippen molar-refractivity contribution in [3.8, 4) is 0 Å². The number of amides is 2. The summed E-state index contributed by atoms with van der Waals surface area (Å²) in [5.41, 5.74) is 2.55. The Morgan fingerprint density at radius 2 is 1.51 bits per heavy atom. The average Bonchev–Trinajstić information content (AvgIpc) is 2.90. The molecule has 9 heteroatoms. The molecule has 0 heterocycles. The molecular formula is C30H36FN3O4S. The van der Waals surface area contributed by atoms with Crippen LogP contribution in [0.2, 0.25) is 0 Å². The number of anilines is 1. The number of carbonyl (C=O) groups is 2. The van der Waals surface area contributed by atoms with Crippen molar-refractivity contribution in [2.24, 2.45) is 5.92 Å². The van der Waals surface area contributed by atoms with Crippen molar-refractivity contribution < 1.29 is 22.4 Å². The third-order valence-electron chi connectivity index (χ3n) is 6.39. The van der Waals surface area contributed by atoms with Crippen LogP contribution in [0.3, 0.4) is 0 Å². The van der Waals surface area contributed by atoms with Crippen LogP contribution in [0.4, 0.5) is 10.1 Å². The minimum atomic E-state index is -4.13. The van der Waals surface area contributed by atoms with Gasteiger partial charge < -0.3 is 10.2 Å². The molecule has 3 aromatic carbocycles. The van der Waals surface area contributed by atoms with E-state index in [1.165, 1.54) is 41.3 Å². The molecule has 1 N–H and O–H groups in total. The van der Waals surface area contributed by atoms with E-state index in [4.69, 9.17) is 0 Å². The van der Waals surface area contributed by atoms with Crippen LogP contribution in [0.25, 0.3) is 0 Å². The van der Waals surface area contributed by atoms with Gasteiger partial charge in [0, 0.05) is 13.1 Å². The van der Waals surface area contributed by atoms with Crippen LogP contribution < -0.4 is 9.62 Å². The predicted octanol–water partition coefficient (Wildman–Crippen LogP) is 4.83. The van der Waals surface area contributed by atoms with Gasteiger partial charge in [-0.25, -0.2) is 12.8 Å². The molecule has 0 aliphatic carbocycles. The fourth-order valence-electron chi connectivity index (χ4n) is 4.02. The lowest BCUT2D eigenvalue weighted by atomic mass is 10.1. The van der Waals surface area contributed by atoms with Gasteiger partial charge in [0.15, 0.2) is 0 Å². The van der Waals surface area contributed by atoms with Crippen LogP contribution in [0, 0.1) is 25.6 Å². The van der Waals surface area contributed by atoms with Crippen LogP contribution in [-0.2, 0) is 26.2 Å². The summed E-state index contributed by atoms with van der Waals surface area (Å²) < 4.78 is 42.4. The summed E-state index contributed by atoms with van der Waals surface area (Å²) in [6.07, 6.45) is 0. The SMILES string of the molecule is Cc1ccc(S(=O)(=O)N(CC(=O)N(Cc2ccc(F)cc2)C(C)C(=O)NCC(C)C)c2ccccc2C)cc1. The number of nitrogens with zero attached hydrogens (tertiary/aromatic N) is 2. The molecule has 0 saturated heterocycles. The summed E-state index contributed by atoms with van der Waals surface area (Å²) in [5.74, 6) is -1.14. The number of para-hydroxylation sites is 1. The monoisotopic (exact) mass is 553 g/mol. The molecule has 0 fully saturated rings. The zero-order valence-electron chi connectivity index (χ0n) is 23.0. The number of nitrogens with one attached hydrogen (secondary N) is 1. The minimum Gasteiger partial charge on any atom is -0.354 e. The fourth-order valence-corrected chi connectivity index (χ4v) is 5.49. The number of benzene rings is 3. The lowest BCUT2D eigenvalue weighted by Crippen LogP contribution is -2.51. The van der Waals surface area contributed by atoms with Crippen LogP contribution in [-0.4, -0.2) is 44.3 Å². The van der Waals surface area contributed by atoms with Gasteiger partial charge in [0.05, 0.1) is 10.6 Å². The quantitative estimate of drug-likeness (QED) is 0.369. The number of aryl methyl sites for hydroxylation is 2. The van der Waals surface area contributed by atoms with Crippen molar-refractivity contribution in [2.45, 2.75) is 52.1 Å². The number of hydrogen-bond donors (Lipinski definition) is 1. The van der Waals surface area contributed by atoms with Crippen molar-refractivity contribution in [3.05, 3.63) is 95.3 Å². The van der Waals surface area contributed by atoms with Gasteiger partial charge in [-0.1, -0.05) is 61.9 Å². The molecular weight excluding hydrogens is 517 g/mol. The minimum absolute atomic E-state index is 0.00156. The van der Waals surface area contributed by atoms with Gasteiger partial charge in [0.1, 0.15) is 18.4 Å². The molecule has 7 nitrogen and oxygen atoms in total. The first kappa shape index (κ1) is 29.8. The first-order valence-electron chi connectivity index (χ1n) is 12.9. The normalized spacial score (nSPS) is 12.2. The van der Waals surface area contributed by atoms with Crippen LogP contribution in [0.15, 0.2) is 77.7 Å². The van der Waals surface area contributed by atoms with E-state index in [2.05, 4.69) is 5.32 Å². The van der Waals surface area contributed by atoms with Gasteiger partial charge in [-0.05, 0) is 68.1 Å². The molecule has 208 valence electrons. The van der Waals surface area contributed by atoms with E-state index in [-0.39, 0.29) is 23.3 Å². The largest absolute Gasteiger partial charge is 0.354 e. The summed E-state index contributed by atoms with van der Waals surface area (Å²) in [6.45, 7) is 9.06. The van der Waals surface area contributed by atoms with Crippen LogP contribution in [0.1, 0.15) is 37.5 Å². The number of hydrogen-bond acceptors (Lipinski definition) is 4. The highest BCUT2D eigenvalue weighted by Crippen LogP contribution is 2.27. The van der Waals surface area contributed by atoms with E-state index in [0.717, 1.165) is 9.87 Å². The zero-order valence-corrected chi connectivity index (χ0v) is 23.8. The Kier molecular flexibility index (Phi) is 9.86. The van der Waals surface area contributed by atoms with E-state index in [1.807, 2.05) is 20.8 Å². The first-order valence-corrected chi connectivity index (χ1v) is 14.3. The number of carbonyl (C=O) groups excluding carboxylic acids is 2. The number of rotatable bonds is 11. The van der Waals surface area contributed by atoms with Gasteiger partial charge in [0.2, 0.25) is 11.8 Å². The topological polar surface area (TPSA) is 86.8 Å². The van der Waals surface area contributed by atoms with E-state index >= 15 is 0 Å². The van der Waals surface area contributed by atoms with Crippen molar-refractivity contribution in [3.63, 3.8) is 0 Å². The molecule has 3 rings (SSSR count). The summed E-state index contributed by atoms with van der Waals surface area (Å²) in [7, 11) is -4.13. The summed E-state index contributed by atoms with van der Waals surface area (Å²) >= 11 is 0. The van der Waals surface area contributed by atoms with Crippen molar-refractivity contribution in [1.29, 1.82) is 0 Å². The third kappa shape index (κ3) is 7.66. The molecule has 1 unspecified atom stereocenters. The Bertz CT molecular complexity index is 1390. The third-order valence-corrected chi connectivity index (χ3v) is 8.16. The molecule has 0 spiro atoms. The highest BCUT2D eigenvalue weighted by Gasteiger charge is 2.33. The van der Waals surface area contributed by atoms with Gasteiger partial charge >= 0.3 is 0 Å². The second-order valence-corrected chi connectivity index (χ2v) is 11.9. The molecule has 0 aromatic heterocycles. The van der Waals surface area contributed by atoms with E-state index in [9.17, 15) is 22.4 Å². The average molecular weight is 554 g/mol. The van der Waals surface area contributed by atoms with Gasteiger partial charge in [-0.15, -0.1) is 0 Å². The predicted molar refractivity (Wildman–Crippen MR) is 151 cm³/mol. The summed E-state index contributed by atoms with van der Waals surface area (Å²) in [6, 6.07) is 18.1. The molecule has 0 saturated carbocycles. The second-order valence-electron chi connectivity index (χ2n) is 10.1. The van der Waals surface area contributed by atoms with Crippen LogP contribution >= 0.6 is 0 Å². The molecule has 1 atom stereocenters. The van der Waals surface area contributed by atoms with E-state index in [0.29, 0.717) is 23.4 Å². The number of halogens is 1. The van der Waals surface area contributed by atoms with Gasteiger partial charge in [0.25, 0.3) is 10.0 Å². The Labute approximate surface area is 230 Å². The lowest BCUT2D eigenvalue weighted by Gasteiger charge is -2.32. The molecule has 0 bridgehead atoms. The second kappa shape index (κ2) is 12.9. The van der Waals surface area contributed by atoms with E-state index in [1.54, 1.807) is 50.2 Å². The maximum atomic E-state index is 13.9. The molecule has 0 aliphatic heterocycles. The molecule has 0 radical (unpaired) electrons. The first-order chi connectivity index (χ1) is 18.4. The molecule has 2 amide bonds. The Balaban J connectivity index is 2.02. The summed E-state index contributed by atoms with van der Waals surface area (Å²) in [5, 5.41) is 2.84. The Hall–Kier alpha value is -3.72. The van der Waals surface area contributed by atoms with Crippen molar-refractivity contribution in [1.82, 2.24) is 10.2 Å². The maximum absolute atomic E-state index is 13.9. The van der Waals surface area contributed by atoms with Crippen LogP contribution in [0.5, 0.6) is 0 Å². The van der Waals surface area contributed by atoms with Crippen molar-refractivity contribution >= 4 is 27.5 Å². The highest BCUT2D eigenvalue weighted by atomic mass is 32.2. The van der Waals surface area contributed by atoms with Gasteiger partial charge in [-0.2, -0.15) is 0 Å². The number of sulfonamides is 1. The highest BCUT2D eigenvalue weighted by molar-refractivity contribution is 7.92. The molecule has 39 heavy (non-hydrogen) atoms. The van der Waals surface area contributed by atoms with Crippen molar-refractivity contribution in [2.75, 3.05) is 17.4 Å². The molecule has 3 aromatic rings. The maximum Gasteiger partial charge on any atom is 0.264 e. The van der Waals surface area contributed by atoms with E-state index < -0.39 is 34.3 Å². The Morgan fingerprint density at radius 1 is 0.897 bits per heavy atom.